The van der Waals surface area contributed by atoms with Crippen LogP contribution in [0.3, 0.4) is 0 Å². The molecule has 0 spiro atoms. The van der Waals surface area contributed by atoms with Gasteiger partial charge in [-0.2, -0.15) is 0 Å². The zero-order valence-corrected chi connectivity index (χ0v) is 24.2. The Bertz CT molecular complexity index is 1700. The van der Waals surface area contributed by atoms with Crippen LogP contribution in [0.15, 0.2) is 72.9 Å². The summed E-state index contributed by atoms with van der Waals surface area (Å²) in [6.45, 7) is 5.03. The second kappa shape index (κ2) is 11.7. The lowest BCUT2D eigenvalue weighted by atomic mass is 10.0. The number of amides is 4. The third-order valence-corrected chi connectivity index (χ3v) is 8.50. The van der Waals surface area contributed by atoms with Crippen LogP contribution < -0.4 is 20.3 Å². The number of hydrogen-bond donors (Lipinski definition) is 2. The molecule has 0 bridgehead atoms. The predicted molar refractivity (Wildman–Crippen MR) is 165 cm³/mol. The minimum atomic E-state index is -0.362. The SMILES string of the molecule is CC/C=C/C(=O)N1CCC[C@@H](NC(=O)c2sc3nccc4c3c2NC(=O)N4c2ccc(Oc3ccccc3)cc2C)C1. The molecule has 1 atom stereocenters. The Hall–Kier alpha value is -4.70. The van der Waals surface area contributed by atoms with E-state index in [0.29, 0.717) is 45.6 Å². The number of carbonyl (C=O) groups is 3. The van der Waals surface area contributed by atoms with Crippen molar-refractivity contribution < 1.29 is 19.1 Å². The average Bonchev–Trinajstić information content (AvgIpc) is 3.37. The highest BCUT2D eigenvalue weighted by Gasteiger charge is 2.34. The Morgan fingerprint density at radius 1 is 1.14 bits per heavy atom. The maximum Gasteiger partial charge on any atom is 0.331 e. The van der Waals surface area contributed by atoms with Crippen LogP contribution in [0.2, 0.25) is 0 Å². The molecule has 2 aromatic heterocycles. The molecule has 1 saturated heterocycles. The van der Waals surface area contributed by atoms with Crippen LogP contribution in [-0.2, 0) is 4.79 Å². The first-order chi connectivity index (χ1) is 20.4. The molecule has 2 aliphatic rings. The molecule has 42 heavy (non-hydrogen) atoms. The summed E-state index contributed by atoms with van der Waals surface area (Å²) in [6.07, 6.45) is 7.48. The molecular formula is C32H31N5O4S. The van der Waals surface area contributed by atoms with Crippen LogP contribution in [0.25, 0.3) is 10.2 Å². The molecule has 214 valence electrons. The van der Waals surface area contributed by atoms with Crippen LogP contribution in [0.5, 0.6) is 11.5 Å². The molecule has 0 saturated carbocycles. The van der Waals surface area contributed by atoms with Gasteiger partial charge < -0.3 is 20.3 Å². The van der Waals surface area contributed by atoms with Crippen LogP contribution in [-0.4, -0.2) is 46.9 Å². The molecule has 0 radical (unpaired) electrons. The summed E-state index contributed by atoms with van der Waals surface area (Å²) in [5, 5.41) is 6.78. The molecule has 10 heteroatoms. The van der Waals surface area contributed by atoms with Gasteiger partial charge in [-0.25, -0.2) is 9.78 Å². The highest BCUT2D eigenvalue weighted by Crippen LogP contribution is 2.46. The van der Waals surface area contributed by atoms with Gasteiger partial charge in [-0.15, -0.1) is 11.3 Å². The Labute approximate surface area is 247 Å². The predicted octanol–water partition coefficient (Wildman–Crippen LogP) is 6.77. The van der Waals surface area contributed by atoms with Gasteiger partial charge in [0, 0.05) is 25.3 Å². The Morgan fingerprint density at radius 2 is 1.98 bits per heavy atom. The molecule has 0 unspecified atom stereocenters. The second-order valence-electron chi connectivity index (χ2n) is 10.4. The fraction of sp³-hybridized carbons (Fsp3) is 0.250. The number of urea groups is 1. The van der Waals surface area contributed by atoms with Gasteiger partial charge in [0.15, 0.2) is 0 Å². The Balaban J connectivity index is 1.26. The third kappa shape index (κ3) is 5.33. The highest BCUT2D eigenvalue weighted by molar-refractivity contribution is 7.21. The second-order valence-corrected chi connectivity index (χ2v) is 11.4. The lowest BCUT2D eigenvalue weighted by molar-refractivity contribution is -0.127. The van der Waals surface area contributed by atoms with E-state index in [2.05, 4.69) is 15.6 Å². The molecular weight excluding hydrogens is 550 g/mol. The number of aromatic nitrogens is 1. The Kier molecular flexibility index (Phi) is 7.62. The lowest BCUT2D eigenvalue weighted by Crippen LogP contribution is -2.49. The summed E-state index contributed by atoms with van der Waals surface area (Å²) in [4.78, 5) is 48.5. The summed E-state index contributed by atoms with van der Waals surface area (Å²) >= 11 is 1.25. The number of nitrogens with one attached hydrogen (secondary N) is 2. The summed E-state index contributed by atoms with van der Waals surface area (Å²) in [6, 6.07) is 16.4. The number of carbonyl (C=O) groups excluding carboxylic acids is 3. The minimum absolute atomic E-state index is 0.0381. The minimum Gasteiger partial charge on any atom is -0.457 e. The molecule has 4 aromatic rings. The van der Waals surface area contributed by atoms with Crippen molar-refractivity contribution in [3.8, 4) is 11.5 Å². The topological polar surface area (TPSA) is 104 Å². The van der Waals surface area contributed by atoms with Crippen molar-refractivity contribution in [2.45, 2.75) is 39.2 Å². The number of rotatable bonds is 7. The number of anilines is 3. The first-order valence-electron chi connectivity index (χ1n) is 14.1. The van der Waals surface area contributed by atoms with Gasteiger partial charge in [0.05, 0.1) is 22.4 Å². The van der Waals surface area contributed by atoms with Crippen LogP contribution in [0, 0.1) is 6.92 Å². The standard InChI is InChI=1S/C32H31N5O4S/c1-3-4-12-26(38)36-17-8-9-21(19-36)34-30(39)29-28-27-25(15-16-33-31(27)42-29)37(32(40)35-28)24-14-13-23(18-20(24)2)41-22-10-6-5-7-11-22/h4-7,10-16,18,21H,3,8-9,17,19H2,1-2H3,(H,34,39)(H,35,40)/b12-4+/t21-/m1/s1. The van der Waals surface area contributed by atoms with Gasteiger partial charge in [0.1, 0.15) is 21.2 Å². The monoisotopic (exact) mass is 581 g/mol. The first kappa shape index (κ1) is 27.5. The number of benzene rings is 2. The van der Waals surface area contributed by atoms with Crippen molar-refractivity contribution in [3.63, 3.8) is 0 Å². The zero-order chi connectivity index (χ0) is 29.2. The fourth-order valence-corrected chi connectivity index (χ4v) is 6.44. The maximum atomic E-state index is 13.6. The number of nitrogens with zero attached hydrogens (tertiary/aromatic N) is 3. The van der Waals surface area contributed by atoms with E-state index in [9.17, 15) is 14.4 Å². The number of piperidine rings is 1. The van der Waals surface area contributed by atoms with Crippen molar-refractivity contribution in [1.82, 2.24) is 15.2 Å². The van der Waals surface area contributed by atoms with Crippen molar-refractivity contribution in [1.29, 1.82) is 0 Å². The van der Waals surface area contributed by atoms with Crippen LogP contribution in [0.1, 0.15) is 41.4 Å². The molecule has 2 N–H and O–H groups in total. The normalized spacial score (nSPS) is 16.5. The molecule has 9 nitrogen and oxygen atoms in total. The molecule has 6 rings (SSSR count). The van der Waals surface area contributed by atoms with Gasteiger partial charge in [-0.05, 0) is 74.2 Å². The number of thiophene rings is 1. The molecule has 2 aliphatic heterocycles. The van der Waals surface area contributed by atoms with E-state index in [1.807, 2.05) is 68.5 Å². The molecule has 0 aliphatic carbocycles. The van der Waals surface area contributed by atoms with Gasteiger partial charge in [-0.3, -0.25) is 14.5 Å². The largest absolute Gasteiger partial charge is 0.457 e. The summed E-state index contributed by atoms with van der Waals surface area (Å²) < 4.78 is 5.97. The van der Waals surface area contributed by atoms with Crippen molar-refractivity contribution in [2.24, 2.45) is 0 Å². The smallest absolute Gasteiger partial charge is 0.331 e. The molecule has 2 aromatic carbocycles. The van der Waals surface area contributed by atoms with Crippen LogP contribution in [0.4, 0.5) is 21.9 Å². The zero-order valence-electron chi connectivity index (χ0n) is 23.4. The average molecular weight is 582 g/mol. The number of para-hydroxylation sites is 1. The van der Waals surface area contributed by atoms with E-state index in [-0.39, 0.29) is 23.9 Å². The number of allylic oxidation sites excluding steroid dienone is 1. The summed E-state index contributed by atoms with van der Waals surface area (Å²) in [5.74, 6) is 1.07. The van der Waals surface area contributed by atoms with Crippen molar-refractivity contribution in [3.05, 3.63) is 83.4 Å². The maximum absolute atomic E-state index is 13.6. The van der Waals surface area contributed by atoms with Crippen LogP contribution >= 0.6 is 11.3 Å². The third-order valence-electron chi connectivity index (χ3n) is 7.40. The molecule has 1 fully saturated rings. The highest BCUT2D eigenvalue weighted by atomic mass is 32.1. The lowest BCUT2D eigenvalue weighted by Gasteiger charge is -2.32. The van der Waals surface area contributed by atoms with Gasteiger partial charge in [0.25, 0.3) is 5.91 Å². The van der Waals surface area contributed by atoms with Gasteiger partial charge in [0.2, 0.25) is 5.91 Å². The number of pyridine rings is 1. The number of hydrogen-bond acceptors (Lipinski definition) is 6. The van der Waals surface area contributed by atoms with E-state index >= 15 is 0 Å². The summed E-state index contributed by atoms with van der Waals surface area (Å²) in [5.41, 5.74) is 2.68. The van der Waals surface area contributed by atoms with E-state index in [1.54, 1.807) is 28.1 Å². The fourth-order valence-electron chi connectivity index (χ4n) is 5.42. The van der Waals surface area contributed by atoms with Crippen molar-refractivity contribution >= 4 is 56.5 Å². The van der Waals surface area contributed by atoms with Crippen molar-refractivity contribution in [2.75, 3.05) is 23.3 Å². The van der Waals surface area contributed by atoms with Gasteiger partial charge in [-0.1, -0.05) is 31.2 Å². The number of likely N-dealkylation sites (tertiary alicyclic amines) is 1. The van der Waals surface area contributed by atoms with E-state index < -0.39 is 0 Å². The number of ether oxygens (including phenoxy) is 1. The van der Waals surface area contributed by atoms with E-state index in [0.717, 1.165) is 36.0 Å². The van der Waals surface area contributed by atoms with E-state index in [4.69, 9.17) is 4.74 Å². The number of aryl methyl sites for hydroxylation is 1. The first-order valence-corrected chi connectivity index (χ1v) is 14.9. The van der Waals surface area contributed by atoms with Gasteiger partial charge >= 0.3 is 6.03 Å². The quantitative estimate of drug-likeness (QED) is 0.235. The molecule has 4 heterocycles. The van der Waals surface area contributed by atoms with E-state index in [1.165, 1.54) is 11.3 Å². The molecule has 4 amide bonds. The summed E-state index contributed by atoms with van der Waals surface area (Å²) in [7, 11) is 0. The Morgan fingerprint density at radius 3 is 2.76 bits per heavy atom.